The van der Waals surface area contributed by atoms with Crippen LogP contribution in [-0.2, 0) is 12.3 Å². The second-order valence-corrected chi connectivity index (χ2v) is 6.60. The lowest BCUT2D eigenvalue weighted by atomic mass is 10.1. The topological polar surface area (TPSA) is 32.3 Å². The van der Waals surface area contributed by atoms with E-state index in [1.54, 1.807) is 0 Å². The Morgan fingerprint density at radius 3 is 2.84 bits per heavy atom. The highest BCUT2D eigenvalue weighted by Gasteiger charge is 2.15. The van der Waals surface area contributed by atoms with Crippen LogP contribution in [0.3, 0.4) is 0 Å². The molecule has 19 heavy (non-hydrogen) atoms. The fourth-order valence-corrected chi connectivity index (χ4v) is 3.47. The first-order valence-corrected chi connectivity index (χ1v) is 9.02. The van der Waals surface area contributed by atoms with Crippen molar-refractivity contribution in [2.75, 3.05) is 30.9 Å². The molecule has 1 aliphatic rings. The number of amides is 2. The van der Waals surface area contributed by atoms with Crippen molar-refractivity contribution in [3.63, 3.8) is 0 Å². The molecule has 0 atom stereocenters. The Labute approximate surface area is 123 Å². The number of hydrogen-bond donors (Lipinski definition) is 1. The van der Waals surface area contributed by atoms with E-state index in [9.17, 15) is 4.79 Å². The van der Waals surface area contributed by atoms with Gasteiger partial charge >= 0.3 is 6.03 Å². The average Bonchev–Trinajstić information content (AvgIpc) is 2.46. The second kappa shape index (κ2) is 7.70. The zero-order valence-electron chi connectivity index (χ0n) is 11.2. The first-order valence-electron chi connectivity index (χ1n) is 6.47. The number of nitrogens with zero attached hydrogens (tertiary/aromatic N) is 1. The summed E-state index contributed by atoms with van der Waals surface area (Å²) in [6, 6.07) is 8.49. The standard InChI is InChI=1S/C14H20N2OS2/c1-18-11-13-4-2-3-12(9-13)10-15-14(17)16-5-7-19-8-6-16/h2-4,9H,5-8,10-11H2,1H3,(H,15,17). The van der Waals surface area contributed by atoms with Gasteiger partial charge in [0.05, 0.1) is 0 Å². The van der Waals surface area contributed by atoms with Gasteiger partial charge in [-0.3, -0.25) is 0 Å². The lowest BCUT2D eigenvalue weighted by Gasteiger charge is -2.26. The lowest BCUT2D eigenvalue weighted by Crippen LogP contribution is -2.44. The number of hydrogen-bond acceptors (Lipinski definition) is 3. The summed E-state index contributed by atoms with van der Waals surface area (Å²) in [4.78, 5) is 13.9. The van der Waals surface area contributed by atoms with Crippen molar-refractivity contribution in [2.24, 2.45) is 0 Å². The number of nitrogens with one attached hydrogen (secondary N) is 1. The fourth-order valence-electron chi connectivity index (χ4n) is 2.05. The van der Waals surface area contributed by atoms with Crippen LogP contribution < -0.4 is 5.32 Å². The summed E-state index contributed by atoms with van der Waals surface area (Å²) < 4.78 is 0. The molecule has 2 amide bonds. The molecule has 1 saturated heterocycles. The van der Waals surface area contributed by atoms with Gasteiger partial charge in [-0.2, -0.15) is 23.5 Å². The van der Waals surface area contributed by atoms with E-state index in [0.717, 1.165) is 30.3 Å². The summed E-state index contributed by atoms with van der Waals surface area (Å²) >= 11 is 3.73. The highest BCUT2D eigenvalue weighted by Crippen LogP contribution is 2.12. The maximum absolute atomic E-state index is 12.0. The highest BCUT2D eigenvalue weighted by atomic mass is 32.2. The van der Waals surface area contributed by atoms with Crippen molar-refractivity contribution < 1.29 is 4.79 Å². The molecule has 0 spiro atoms. The maximum atomic E-state index is 12.0. The molecule has 1 aromatic rings. The summed E-state index contributed by atoms with van der Waals surface area (Å²) in [5.74, 6) is 3.12. The van der Waals surface area contributed by atoms with Gasteiger partial charge in [0, 0.05) is 36.9 Å². The molecule has 104 valence electrons. The Morgan fingerprint density at radius 1 is 1.37 bits per heavy atom. The van der Waals surface area contributed by atoms with Crippen LogP contribution >= 0.6 is 23.5 Å². The van der Waals surface area contributed by atoms with Gasteiger partial charge in [-0.25, -0.2) is 4.79 Å². The second-order valence-electron chi connectivity index (χ2n) is 4.51. The summed E-state index contributed by atoms with van der Waals surface area (Å²) in [6.07, 6.45) is 2.10. The largest absolute Gasteiger partial charge is 0.334 e. The van der Waals surface area contributed by atoms with Crippen molar-refractivity contribution in [3.8, 4) is 0 Å². The van der Waals surface area contributed by atoms with Crippen molar-refractivity contribution in [2.45, 2.75) is 12.3 Å². The molecule has 0 unspecified atom stereocenters. The third kappa shape index (κ3) is 4.66. The van der Waals surface area contributed by atoms with Crippen LogP contribution in [0.4, 0.5) is 4.79 Å². The predicted octanol–water partition coefficient (Wildman–Crippen LogP) is 2.81. The molecule has 0 aliphatic carbocycles. The van der Waals surface area contributed by atoms with E-state index in [-0.39, 0.29) is 6.03 Å². The van der Waals surface area contributed by atoms with Crippen LogP contribution in [0.2, 0.25) is 0 Å². The van der Waals surface area contributed by atoms with E-state index >= 15 is 0 Å². The SMILES string of the molecule is CSCc1cccc(CNC(=O)N2CCSCC2)c1. The van der Waals surface area contributed by atoms with Crippen molar-refractivity contribution >= 4 is 29.6 Å². The molecule has 1 heterocycles. The molecule has 0 aromatic heterocycles. The molecule has 1 N–H and O–H groups in total. The number of benzene rings is 1. The molecule has 3 nitrogen and oxygen atoms in total. The van der Waals surface area contributed by atoms with E-state index < -0.39 is 0 Å². The van der Waals surface area contributed by atoms with E-state index in [4.69, 9.17) is 0 Å². The molecule has 5 heteroatoms. The van der Waals surface area contributed by atoms with Gasteiger partial charge in [-0.15, -0.1) is 0 Å². The molecule has 0 radical (unpaired) electrons. The normalized spacial score (nSPS) is 15.3. The minimum absolute atomic E-state index is 0.0653. The molecule has 1 aliphatic heterocycles. The number of carbonyl (C=O) groups is 1. The summed E-state index contributed by atoms with van der Waals surface area (Å²) in [5, 5.41) is 3.01. The van der Waals surface area contributed by atoms with E-state index in [1.165, 1.54) is 11.1 Å². The summed E-state index contributed by atoms with van der Waals surface area (Å²) in [6.45, 7) is 2.34. The third-order valence-corrected chi connectivity index (χ3v) is 4.61. The van der Waals surface area contributed by atoms with Gasteiger partial charge in [-0.1, -0.05) is 24.3 Å². The van der Waals surface area contributed by atoms with E-state index in [2.05, 4.69) is 35.8 Å². The Balaban J connectivity index is 1.83. The fraction of sp³-hybridized carbons (Fsp3) is 0.500. The number of rotatable bonds is 4. The van der Waals surface area contributed by atoms with Crippen molar-refractivity contribution in [3.05, 3.63) is 35.4 Å². The zero-order valence-corrected chi connectivity index (χ0v) is 12.9. The van der Waals surface area contributed by atoms with Crippen LogP contribution in [0.1, 0.15) is 11.1 Å². The first kappa shape index (κ1) is 14.6. The zero-order chi connectivity index (χ0) is 13.5. The van der Waals surface area contributed by atoms with Crippen LogP contribution in [0.25, 0.3) is 0 Å². The molecular weight excluding hydrogens is 276 g/mol. The highest BCUT2D eigenvalue weighted by molar-refractivity contribution is 7.99. The number of thioether (sulfide) groups is 2. The third-order valence-electron chi connectivity index (χ3n) is 3.04. The van der Waals surface area contributed by atoms with Crippen molar-refractivity contribution in [1.82, 2.24) is 10.2 Å². The van der Waals surface area contributed by atoms with Crippen LogP contribution in [0, 0.1) is 0 Å². The lowest BCUT2D eigenvalue weighted by molar-refractivity contribution is 0.202. The van der Waals surface area contributed by atoms with Gasteiger partial charge in [0.25, 0.3) is 0 Å². The Morgan fingerprint density at radius 2 is 2.11 bits per heavy atom. The average molecular weight is 296 g/mol. The predicted molar refractivity (Wildman–Crippen MR) is 84.8 cm³/mol. The van der Waals surface area contributed by atoms with Crippen molar-refractivity contribution in [1.29, 1.82) is 0 Å². The smallest absolute Gasteiger partial charge is 0.317 e. The summed E-state index contributed by atoms with van der Waals surface area (Å²) in [7, 11) is 0. The number of urea groups is 1. The molecule has 0 bridgehead atoms. The van der Waals surface area contributed by atoms with E-state index in [1.807, 2.05) is 28.4 Å². The van der Waals surface area contributed by atoms with E-state index in [0.29, 0.717) is 6.54 Å². The van der Waals surface area contributed by atoms with Gasteiger partial charge in [0.2, 0.25) is 0 Å². The maximum Gasteiger partial charge on any atom is 0.317 e. The molecule has 2 rings (SSSR count). The van der Waals surface area contributed by atoms with Gasteiger partial charge in [-0.05, 0) is 17.4 Å². The minimum atomic E-state index is 0.0653. The van der Waals surface area contributed by atoms with Crippen LogP contribution in [0.15, 0.2) is 24.3 Å². The first-order chi connectivity index (χ1) is 9.29. The van der Waals surface area contributed by atoms with Gasteiger partial charge in [0.1, 0.15) is 0 Å². The monoisotopic (exact) mass is 296 g/mol. The molecule has 1 aromatic carbocycles. The van der Waals surface area contributed by atoms with Gasteiger partial charge in [0.15, 0.2) is 0 Å². The Kier molecular flexibility index (Phi) is 5.92. The Bertz CT molecular complexity index is 420. The van der Waals surface area contributed by atoms with Crippen LogP contribution in [-0.4, -0.2) is 41.8 Å². The minimum Gasteiger partial charge on any atom is -0.334 e. The Hall–Kier alpha value is -0.810. The summed E-state index contributed by atoms with van der Waals surface area (Å²) in [5.41, 5.74) is 2.49. The van der Waals surface area contributed by atoms with Gasteiger partial charge < -0.3 is 10.2 Å². The van der Waals surface area contributed by atoms with Crippen LogP contribution in [0.5, 0.6) is 0 Å². The molecule has 1 fully saturated rings. The molecule has 0 saturated carbocycles. The molecular formula is C14H20N2OS2. The quantitative estimate of drug-likeness (QED) is 0.927. The number of carbonyl (C=O) groups excluding carboxylic acids is 1.